The molecule has 5 nitrogen and oxygen atoms in total. The summed E-state index contributed by atoms with van der Waals surface area (Å²) in [6.45, 7) is -0.484. The van der Waals surface area contributed by atoms with Crippen molar-refractivity contribution in [2.24, 2.45) is 0 Å². The number of hydrogen-bond acceptors (Lipinski definition) is 4. The van der Waals surface area contributed by atoms with Crippen molar-refractivity contribution in [3.8, 4) is 11.6 Å². The topological polar surface area (TPSA) is 68.7 Å². The Hall–Kier alpha value is -1.49. The number of aliphatic carboxylic acids is 1. The van der Waals surface area contributed by atoms with Gasteiger partial charge in [0.25, 0.3) is 5.88 Å². The fraction of sp³-hybridized carbons (Fsp3) is 0.250. The molecule has 0 aliphatic heterocycles. The molecule has 1 aromatic heterocycles. The lowest BCUT2D eigenvalue weighted by Crippen LogP contribution is -2.10. The fourth-order valence-corrected chi connectivity index (χ4v) is 1.01. The van der Waals surface area contributed by atoms with Crippen LogP contribution in [0.15, 0.2) is 12.3 Å². The van der Waals surface area contributed by atoms with Crippen LogP contribution in [0.3, 0.4) is 0 Å². The van der Waals surface area contributed by atoms with E-state index in [1.54, 1.807) is 0 Å². The van der Waals surface area contributed by atoms with Gasteiger partial charge in [0.1, 0.15) is 0 Å². The predicted molar refractivity (Wildman–Crippen MR) is 48.9 cm³/mol. The highest BCUT2D eigenvalue weighted by molar-refractivity contribution is 6.32. The van der Waals surface area contributed by atoms with Crippen LogP contribution in [0.25, 0.3) is 0 Å². The molecule has 0 aliphatic carbocycles. The van der Waals surface area contributed by atoms with E-state index in [4.69, 9.17) is 26.2 Å². The van der Waals surface area contributed by atoms with Crippen LogP contribution in [-0.4, -0.2) is 29.8 Å². The molecule has 0 spiro atoms. The van der Waals surface area contributed by atoms with Gasteiger partial charge in [-0.2, -0.15) is 0 Å². The van der Waals surface area contributed by atoms with E-state index in [9.17, 15) is 4.79 Å². The van der Waals surface area contributed by atoms with Crippen LogP contribution in [0.1, 0.15) is 0 Å². The molecule has 1 rings (SSSR count). The number of rotatable bonds is 4. The molecular formula is C8H8ClNO4. The second-order valence-corrected chi connectivity index (χ2v) is 2.72. The molecule has 0 unspecified atom stereocenters. The Morgan fingerprint density at radius 3 is 3.00 bits per heavy atom. The largest absolute Gasteiger partial charge is 0.479 e. The van der Waals surface area contributed by atoms with Crippen LogP contribution in [0, 0.1) is 0 Å². The normalized spacial score (nSPS) is 9.57. The second kappa shape index (κ2) is 4.66. The van der Waals surface area contributed by atoms with E-state index in [0.717, 1.165) is 0 Å². The summed E-state index contributed by atoms with van der Waals surface area (Å²) in [7, 11) is 1.40. The highest BCUT2D eigenvalue weighted by atomic mass is 35.5. The summed E-state index contributed by atoms with van der Waals surface area (Å²) in [6, 6.07) is 1.49. The van der Waals surface area contributed by atoms with Crippen LogP contribution in [0.5, 0.6) is 11.6 Å². The average Bonchev–Trinajstić information content (AvgIpc) is 2.15. The van der Waals surface area contributed by atoms with Gasteiger partial charge in [-0.1, -0.05) is 11.6 Å². The molecule has 0 saturated carbocycles. The van der Waals surface area contributed by atoms with E-state index in [2.05, 4.69) is 4.98 Å². The monoisotopic (exact) mass is 217 g/mol. The van der Waals surface area contributed by atoms with E-state index in [0.29, 0.717) is 0 Å². The number of methoxy groups -OCH3 is 1. The first-order valence-electron chi connectivity index (χ1n) is 3.68. The minimum Gasteiger partial charge on any atom is -0.479 e. The van der Waals surface area contributed by atoms with Crippen LogP contribution in [0.4, 0.5) is 0 Å². The molecule has 0 atom stereocenters. The lowest BCUT2D eigenvalue weighted by molar-refractivity contribution is -0.139. The number of halogens is 1. The minimum atomic E-state index is -1.09. The summed E-state index contributed by atoms with van der Waals surface area (Å²) >= 11 is 5.75. The molecule has 1 N–H and O–H groups in total. The summed E-state index contributed by atoms with van der Waals surface area (Å²) in [5.74, 6) is -0.787. The van der Waals surface area contributed by atoms with Crippen molar-refractivity contribution in [2.45, 2.75) is 0 Å². The van der Waals surface area contributed by atoms with Crippen molar-refractivity contribution < 1.29 is 19.4 Å². The third-order valence-electron chi connectivity index (χ3n) is 1.36. The molecule has 1 aromatic rings. The first-order valence-corrected chi connectivity index (χ1v) is 4.06. The zero-order valence-electron chi connectivity index (χ0n) is 7.36. The smallest absolute Gasteiger partial charge is 0.341 e. The van der Waals surface area contributed by atoms with Gasteiger partial charge in [-0.15, -0.1) is 0 Å². The van der Waals surface area contributed by atoms with Crippen molar-refractivity contribution >= 4 is 17.6 Å². The average molecular weight is 218 g/mol. The number of aromatic nitrogens is 1. The van der Waals surface area contributed by atoms with E-state index in [-0.39, 0.29) is 16.7 Å². The van der Waals surface area contributed by atoms with Gasteiger partial charge in [-0.3, -0.25) is 0 Å². The van der Waals surface area contributed by atoms with Crippen molar-refractivity contribution in [3.05, 3.63) is 17.3 Å². The molecule has 14 heavy (non-hydrogen) atoms. The standard InChI is InChI=1S/C8H8ClNO4/c1-13-8-7(14-4-6(11)12)5(9)2-3-10-8/h2-3H,4H2,1H3,(H,11,12). The summed E-state index contributed by atoms with van der Waals surface area (Å²) in [5, 5.41) is 8.66. The Balaban J connectivity index is 2.87. The third kappa shape index (κ3) is 2.50. The Morgan fingerprint density at radius 1 is 1.71 bits per heavy atom. The number of hydrogen-bond donors (Lipinski definition) is 1. The lowest BCUT2D eigenvalue weighted by Gasteiger charge is -2.08. The van der Waals surface area contributed by atoms with E-state index in [1.807, 2.05) is 0 Å². The lowest BCUT2D eigenvalue weighted by atomic mass is 10.4. The number of carboxylic acid groups (broad SMARTS) is 1. The molecule has 0 bridgehead atoms. The van der Waals surface area contributed by atoms with Gasteiger partial charge >= 0.3 is 5.97 Å². The molecule has 76 valence electrons. The van der Waals surface area contributed by atoms with Gasteiger partial charge in [0, 0.05) is 6.20 Å². The Morgan fingerprint density at radius 2 is 2.43 bits per heavy atom. The SMILES string of the molecule is COc1nccc(Cl)c1OCC(=O)O. The van der Waals surface area contributed by atoms with Crippen molar-refractivity contribution in [3.63, 3.8) is 0 Å². The molecule has 1 heterocycles. The van der Waals surface area contributed by atoms with Crippen LogP contribution >= 0.6 is 11.6 Å². The van der Waals surface area contributed by atoms with Gasteiger partial charge in [0.15, 0.2) is 6.61 Å². The summed E-state index contributed by atoms with van der Waals surface area (Å²) < 4.78 is 9.75. The van der Waals surface area contributed by atoms with E-state index < -0.39 is 12.6 Å². The van der Waals surface area contributed by atoms with Crippen molar-refractivity contribution in [1.29, 1.82) is 0 Å². The van der Waals surface area contributed by atoms with Crippen LogP contribution in [0.2, 0.25) is 5.02 Å². The number of ether oxygens (including phenoxy) is 2. The number of pyridine rings is 1. The zero-order chi connectivity index (χ0) is 10.6. The van der Waals surface area contributed by atoms with Crippen LogP contribution < -0.4 is 9.47 Å². The first kappa shape index (κ1) is 10.6. The maximum atomic E-state index is 10.3. The van der Waals surface area contributed by atoms with Gasteiger partial charge in [-0.25, -0.2) is 9.78 Å². The maximum Gasteiger partial charge on any atom is 0.341 e. The molecule has 0 aliphatic rings. The molecule has 0 radical (unpaired) electrons. The van der Waals surface area contributed by atoms with Gasteiger partial charge in [0.2, 0.25) is 5.75 Å². The first-order chi connectivity index (χ1) is 6.65. The highest BCUT2D eigenvalue weighted by Crippen LogP contribution is 2.32. The maximum absolute atomic E-state index is 10.3. The second-order valence-electron chi connectivity index (χ2n) is 2.31. The summed E-state index contributed by atoms with van der Waals surface area (Å²) in [6.07, 6.45) is 1.44. The van der Waals surface area contributed by atoms with E-state index in [1.165, 1.54) is 19.4 Å². The van der Waals surface area contributed by atoms with Gasteiger partial charge in [0.05, 0.1) is 12.1 Å². The molecule has 0 saturated heterocycles. The number of carboxylic acids is 1. The molecule has 0 amide bonds. The number of nitrogens with zero attached hydrogens (tertiary/aromatic N) is 1. The molecule has 0 aromatic carbocycles. The van der Waals surface area contributed by atoms with Crippen LogP contribution in [-0.2, 0) is 4.79 Å². The van der Waals surface area contributed by atoms with Gasteiger partial charge in [-0.05, 0) is 6.07 Å². The fourth-order valence-electron chi connectivity index (χ4n) is 0.817. The Labute approximate surface area is 85.2 Å². The summed E-state index contributed by atoms with van der Waals surface area (Å²) in [4.78, 5) is 14.1. The zero-order valence-corrected chi connectivity index (χ0v) is 8.11. The van der Waals surface area contributed by atoms with Crippen molar-refractivity contribution in [2.75, 3.05) is 13.7 Å². The van der Waals surface area contributed by atoms with E-state index >= 15 is 0 Å². The molecular weight excluding hydrogens is 210 g/mol. The third-order valence-corrected chi connectivity index (χ3v) is 1.65. The number of carbonyl (C=O) groups is 1. The quantitative estimate of drug-likeness (QED) is 0.821. The predicted octanol–water partition coefficient (Wildman–Crippen LogP) is 1.21. The van der Waals surface area contributed by atoms with Crippen molar-refractivity contribution in [1.82, 2.24) is 4.98 Å². The molecule has 0 fully saturated rings. The summed E-state index contributed by atoms with van der Waals surface area (Å²) in [5.41, 5.74) is 0. The highest BCUT2D eigenvalue weighted by Gasteiger charge is 2.11. The Kier molecular flexibility index (Phi) is 3.53. The minimum absolute atomic E-state index is 0.138. The Bertz CT molecular complexity index is 342. The van der Waals surface area contributed by atoms with Gasteiger partial charge < -0.3 is 14.6 Å². The molecule has 6 heteroatoms.